The smallest absolute Gasteiger partial charge is 0.142 e. The molecule has 0 bridgehead atoms. The predicted molar refractivity (Wildman–Crippen MR) is 88.0 cm³/mol. The van der Waals surface area contributed by atoms with Crippen molar-refractivity contribution in [2.24, 2.45) is 0 Å². The molecule has 0 aliphatic carbocycles. The molecule has 2 aromatic rings. The zero-order valence-electron chi connectivity index (χ0n) is 11.5. The van der Waals surface area contributed by atoms with Crippen molar-refractivity contribution in [1.29, 1.82) is 0 Å². The van der Waals surface area contributed by atoms with Crippen LogP contribution < -0.4 is 5.32 Å². The number of halogens is 4. The monoisotopic (exact) mass is 345 g/mol. The van der Waals surface area contributed by atoms with Crippen LogP contribution in [0.1, 0.15) is 24.1 Å². The molecule has 0 radical (unpaired) electrons. The van der Waals surface area contributed by atoms with Crippen LogP contribution in [0, 0.1) is 5.82 Å². The van der Waals surface area contributed by atoms with E-state index in [1.807, 2.05) is 25.1 Å². The van der Waals surface area contributed by atoms with E-state index in [2.05, 4.69) is 5.32 Å². The third kappa shape index (κ3) is 4.33. The average molecular weight is 347 g/mol. The molecule has 0 heterocycles. The van der Waals surface area contributed by atoms with E-state index in [1.165, 1.54) is 6.07 Å². The molecule has 0 fully saturated rings. The Labute approximate surface area is 139 Å². The fourth-order valence-corrected chi connectivity index (χ4v) is 3.00. The van der Waals surface area contributed by atoms with E-state index in [-0.39, 0.29) is 11.1 Å². The van der Waals surface area contributed by atoms with Crippen LogP contribution in [-0.2, 0) is 6.42 Å². The summed E-state index contributed by atoms with van der Waals surface area (Å²) in [6.45, 7) is 2.77. The zero-order chi connectivity index (χ0) is 15.4. The highest BCUT2D eigenvalue weighted by molar-refractivity contribution is 6.34. The normalized spacial score (nSPS) is 12.4. The van der Waals surface area contributed by atoms with Gasteiger partial charge in [0.15, 0.2) is 0 Å². The zero-order valence-corrected chi connectivity index (χ0v) is 13.7. The molecule has 0 aliphatic rings. The molecule has 5 heteroatoms. The van der Waals surface area contributed by atoms with E-state index in [9.17, 15) is 4.39 Å². The van der Waals surface area contributed by atoms with Gasteiger partial charge in [0.2, 0.25) is 0 Å². The van der Waals surface area contributed by atoms with Gasteiger partial charge in [-0.25, -0.2) is 4.39 Å². The predicted octanol–water partition coefficient (Wildman–Crippen LogP) is 5.68. The lowest BCUT2D eigenvalue weighted by Crippen LogP contribution is -2.23. The highest BCUT2D eigenvalue weighted by Crippen LogP contribution is 2.28. The second kappa shape index (κ2) is 7.46. The summed E-state index contributed by atoms with van der Waals surface area (Å²) in [6.07, 6.45) is 0.557. The second-order valence-electron chi connectivity index (χ2n) is 4.73. The third-order valence-corrected chi connectivity index (χ3v) is 4.05. The largest absolute Gasteiger partial charge is 0.310 e. The van der Waals surface area contributed by atoms with Crippen LogP contribution in [0.25, 0.3) is 0 Å². The Hall–Kier alpha value is -0.800. The van der Waals surface area contributed by atoms with Crippen molar-refractivity contribution in [2.75, 3.05) is 6.54 Å². The summed E-state index contributed by atoms with van der Waals surface area (Å²) in [5.74, 6) is -0.409. The van der Waals surface area contributed by atoms with E-state index in [4.69, 9.17) is 34.8 Å². The Kier molecular flexibility index (Phi) is 5.88. The number of nitrogens with one attached hydrogen (secondary N) is 1. The summed E-state index contributed by atoms with van der Waals surface area (Å²) in [4.78, 5) is 0. The van der Waals surface area contributed by atoms with Crippen molar-refractivity contribution in [2.45, 2.75) is 19.4 Å². The molecule has 2 aromatic carbocycles. The maximum atomic E-state index is 13.6. The lowest BCUT2D eigenvalue weighted by atomic mass is 9.98. The Morgan fingerprint density at radius 1 is 1.10 bits per heavy atom. The van der Waals surface area contributed by atoms with E-state index in [1.54, 1.807) is 12.1 Å². The van der Waals surface area contributed by atoms with E-state index in [0.29, 0.717) is 16.5 Å². The van der Waals surface area contributed by atoms with Gasteiger partial charge < -0.3 is 5.32 Å². The second-order valence-corrected chi connectivity index (χ2v) is 5.98. The first-order valence-corrected chi connectivity index (χ1v) is 7.77. The molecule has 1 atom stereocenters. The summed E-state index contributed by atoms with van der Waals surface area (Å²) in [7, 11) is 0. The standard InChI is InChI=1S/C16H15Cl3FN/c1-2-21-15(11-6-12(17)9-13(18)7-11)8-10-4-3-5-14(20)16(10)19/h3-7,9,15,21H,2,8H2,1H3. The van der Waals surface area contributed by atoms with Gasteiger partial charge in [-0.15, -0.1) is 0 Å². The molecular formula is C16H15Cl3FN. The van der Waals surface area contributed by atoms with Crippen LogP contribution >= 0.6 is 34.8 Å². The molecule has 112 valence electrons. The first-order valence-electron chi connectivity index (χ1n) is 6.63. The summed E-state index contributed by atoms with van der Waals surface area (Å²) in [5.41, 5.74) is 1.70. The van der Waals surface area contributed by atoms with Gasteiger partial charge in [-0.05, 0) is 48.4 Å². The maximum Gasteiger partial charge on any atom is 0.142 e. The van der Waals surface area contributed by atoms with Gasteiger partial charge in [-0.2, -0.15) is 0 Å². The quantitative estimate of drug-likeness (QED) is 0.734. The Balaban J connectivity index is 2.32. The van der Waals surface area contributed by atoms with Gasteiger partial charge in [-0.3, -0.25) is 0 Å². The molecule has 0 amide bonds. The minimum atomic E-state index is -0.409. The highest BCUT2D eigenvalue weighted by Gasteiger charge is 2.15. The molecule has 21 heavy (non-hydrogen) atoms. The van der Waals surface area contributed by atoms with Gasteiger partial charge >= 0.3 is 0 Å². The Morgan fingerprint density at radius 3 is 2.38 bits per heavy atom. The fraction of sp³-hybridized carbons (Fsp3) is 0.250. The molecule has 0 aromatic heterocycles. The topological polar surface area (TPSA) is 12.0 Å². The molecule has 2 rings (SSSR count). The molecule has 1 nitrogen and oxygen atoms in total. The van der Waals surface area contributed by atoms with Crippen molar-refractivity contribution in [3.8, 4) is 0 Å². The average Bonchev–Trinajstić information content (AvgIpc) is 2.42. The van der Waals surface area contributed by atoms with Gasteiger partial charge in [0.25, 0.3) is 0 Å². The van der Waals surface area contributed by atoms with Crippen LogP contribution in [-0.4, -0.2) is 6.54 Å². The van der Waals surface area contributed by atoms with E-state index < -0.39 is 5.82 Å². The molecule has 0 spiro atoms. The summed E-state index contributed by atoms with van der Waals surface area (Å²) >= 11 is 18.1. The number of hydrogen-bond acceptors (Lipinski definition) is 1. The molecule has 1 N–H and O–H groups in total. The van der Waals surface area contributed by atoms with Gasteiger partial charge in [0, 0.05) is 16.1 Å². The number of likely N-dealkylation sites (N-methyl/N-ethyl adjacent to an activating group) is 1. The first-order chi connectivity index (χ1) is 10.0. The van der Waals surface area contributed by atoms with E-state index in [0.717, 1.165) is 17.7 Å². The SMILES string of the molecule is CCNC(Cc1cccc(F)c1Cl)c1cc(Cl)cc(Cl)c1. The van der Waals surface area contributed by atoms with Crippen LogP contribution in [0.2, 0.25) is 15.1 Å². The summed E-state index contributed by atoms with van der Waals surface area (Å²) < 4.78 is 13.6. The van der Waals surface area contributed by atoms with Crippen LogP contribution in [0.3, 0.4) is 0 Å². The lowest BCUT2D eigenvalue weighted by molar-refractivity contribution is 0.547. The molecule has 1 unspecified atom stereocenters. The molecule has 0 saturated heterocycles. The molecule has 0 saturated carbocycles. The minimum Gasteiger partial charge on any atom is -0.310 e. The lowest BCUT2D eigenvalue weighted by Gasteiger charge is -2.20. The van der Waals surface area contributed by atoms with Crippen LogP contribution in [0.15, 0.2) is 36.4 Å². The van der Waals surface area contributed by atoms with Crippen molar-refractivity contribution in [3.05, 3.63) is 68.4 Å². The van der Waals surface area contributed by atoms with Crippen molar-refractivity contribution in [1.82, 2.24) is 5.32 Å². The van der Waals surface area contributed by atoms with Crippen LogP contribution in [0.5, 0.6) is 0 Å². The fourth-order valence-electron chi connectivity index (χ4n) is 2.26. The van der Waals surface area contributed by atoms with Gasteiger partial charge in [0.05, 0.1) is 5.02 Å². The number of hydrogen-bond donors (Lipinski definition) is 1. The van der Waals surface area contributed by atoms with Crippen molar-refractivity contribution >= 4 is 34.8 Å². The summed E-state index contributed by atoms with van der Waals surface area (Å²) in [6, 6.07) is 10.2. The molecular weight excluding hydrogens is 332 g/mol. The van der Waals surface area contributed by atoms with Crippen LogP contribution in [0.4, 0.5) is 4.39 Å². The van der Waals surface area contributed by atoms with Gasteiger partial charge in [0.1, 0.15) is 5.82 Å². The first kappa shape index (κ1) is 16.6. The summed E-state index contributed by atoms with van der Waals surface area (Å²) in [5, 5.41) is 4.66. The van der Waals surface area contributed by atoms with Crippen molar-refractivity contribution in [3.63, 3.8) is 0 Å². The molecule has 0 aliphatic heterocycles. The minimum absolute atomic E-state index is 0.0366. The third-order valence-electron chi connectivity index (χ3n) is 3.19. The highest BCUT2D eigenvalue weighted by atomic mass is 35.5. The van der Waals surface area contributed by atoms with Gasteiger partial charge in [-0.1, -0.05) is 53.9 Å². The number of rotatable bonds is 5. The maximum absolute atomic E-state index is 13.6. The Morgan fingerprint density at radius 2 is 1.76 bits per heavy atom. The number of benzene rings is 2. The van der Waals surface area contributed by atoms with Crippen molar-refractivity contribution < 1.29 is 4.39 Å². The Bertz CT molecular complexity index is 611. The van der Waals surface area contributed by atoms with E-state index >= 15 is 0 Å².